The summed E-state index contributed by atoms with van der Waals surface area (Å²) < 4.78 is 10.9. The number of aryl methyl sites for hydroxylation is 2. The molecule has 24 heavy (non-hydrogen) atoms. The SMILES string of the molecule is Cc1coc2cc3oc(=O)c(CC(=O)NCC(C)C)c(C)c3cc12. The molecule has 5 heteroatoms. The van der Waals surface area contributed by atoms with Gasteiger partial charge in [0.2, 0.25) is 5.91 Å². The van der Waals surface area contributed by atoms with E-state index in [2.05, 4.69) is 5.32 Å². The van der Waals surface area contributed by atoms with Gasteiger partial charge in [0.05, 0.1) is 18.2 Å². The van der Waals surface area contributed by atoms with E-state index in [1.54, 1.807) is 12.3 Å². The van der Waals surface area contributed by atoms with E-state index < -0.39 is 5.63 Å². The summed E-state index contributed by atoms with van der Waals surface area (Å²) in [5, 5.41) is 4.65. The second-order valence-electron chi connectivity index (χ2n) is 6.63. The van der Waals surface area contributed by atoms with Crippen LogP contribution in [0.2, 0.25) is 0 Å². The third-order valence-electron chi connectivity index (χ3n) is 4.22. The smallest absolute Gasteiger partial charge is 0.340 e. The van der Waals surface area contributed by atoms with E-state index in [1.807, 2.05) is 33.8 Å². The van der Waals surface area contributed by atoms with Gasteiger partial charge in [0.15, 0.2) is 0 Å². The number of rotatable bonds is 4. The maximum atomic E-state index is 12.3. The van der Waals surface area contributed by atoms with Gasteiger partial charge >= 0.3 is 5.63 Å². The average molecular weight is 327 g/mol. The van der Waals surface area contributed by atoms with Crippen LogP contribution in [0, 0.1) is 19.8 Å². The molecular weight excluding hydrogens is 306 g/mol. The standard InChI is InChI=1S/C19H21NO4/c1-10(2)8-20-18(21)6-15-12(4)14-5-13-11(3)9-23-16(13)7-17(14)24-19(15)22/h5,7,9-10H,6,8H2,1-4H3,(H,20,21). The Morgan fingerprint density at radius 1 is 1.17 bits per heavy atom. The number of carbonyl (C=O) groups excluding carboxylic acids is 1. The van der Waals surface area contributed by atoms with Crippen molar-refractivity contribution in [1.29, 1.82) is 0 Å². The predicted octanol–water partition coefficient (Wildman–Crippen LogP) is 3.47. The number of hydrogen-bond acceptors (Lipinski definition) is 4. The summed E-state index contributed by atoms with van der Waals surface area (Å²) in [5.41, 5.74) is 2.90. The first-order valence-corrected chi connectivity index (χ1v) is 8.07. The maximum absolute atomic E-state index is 12.3. The molecule has 0 radical (unpaired) electrons. The molecule has 0 fully saturated rings. The first kappa shape index (κ1) is 16.3. The lowest BCUT2D eigenvalue weighted by Crippen LogP contribution is -2.30. The second-order valence-corrected chi connectivity index (χ2v) is 6.63. The molecule has 0 aliphatic rings. The fourth-order valence-corrected chi connectivity index (χ4v) is 2.78. The summed E-state index contributed by atoms with van der Waals surface area (Å²) in [4.78, 5) is 24.4. The molecule has 0 aliphatic heterocycles. The molecule has 0 saturated carbocycles. The predicted molar refractivity (Wildman–Crippen MR) is 93.3 cm³/mol. The van der Waals surface area contributed by atoms with Crippen LogP contribution in [0.3, 0.4) is 0 Å². The van der Waals surface area contributed by atoms with Gasteiger partial charge in [-0.25, -0.2) is 4.79 Å². The van der Waals surface area contributed by atoms with Gasteiger partial charge in [-0.2, -0.15) is 0 Å². The molecule has 3 rings (SSSR count). The van der Waals surface area contributed by atoms with Crippen LogP contribution in [0.1, 0.15) is 30.5 Å². The summed E-state index contributed by atoms with van der Waals surface area (Å²) in [6.45, 7) is 8.45. The van der Waals surface area contributed by atoms with Gasteiger partial charge in [0, 0.05) is 23.4 Å². The quantitative estimate of drug-likeness (QED) is 0.745. The molecule has 0 unspecified atom stereocenters. The van der Waals surface area contributed by atoms with Crippen LogP contribution in [0.4, 0.5) is 0 Å². The van der Waals surface area contributed by atoms with Crippen LogP contribution in [-0.4, -0.2) is 12.5 Å². The van der Waals surface area contributed by atoms with Crippen LogP contribution < -0.4 is 10.9 Å². The minimum atomic E-state index is -0.470. The van der Waals surface area contributed by atoms with Crippen molar-refractivity contribution in [3.63, 3.8) is 0 Å². The lowest BCUT2D eigenvalue weighted by molar-refractivity contribution is -0.120. The third kappa shape index (κ3) is 2.94. The van der Waals surface area contributed by atoms with Crippen LogP contribution in [0.5, 0.6) is 0 Å². The minimum Gasteiger partial charge on any atom is -0.464 e. The molecule has 3 aromatic rings. The molecule has 1 amide bonds. The first-order valence-electron chi connectivity index (χ1n) is 8.07. The van der Waals surface area contributed by atoms with Crippen LogP contribution in [-0.2, 0) is 11.2 Å². The number of fused-ring (bicyclic) bond motifs is 2. The van der Waals surface area contributed by atoms with Crippen molar-refractivity contribution in [3.05, 3.63) is 45.5 Å². The van der Waals surface area contributed by atoms with E-state index in [1.165, 1.54) is 0 Å². The molecule has 0 bridgehead atoms. The highest BCUT2D eigenvalue weighted by Crippen LogP contribution is 2.28. The third-order valence-corrected chi connectivity index (χ3v) is 4.22. The fraction of sp³-hybridized carbons (Fsp3) is 0.368. The number of carbonyl (C=O) groups is 1. The highest BCUT2D eigenvalue weighted by molar-refractivity contribution is 5.96. The zero-order chi connectivity index (χ0) is 17.4. The van der Waals surface area contributed by atoms with Crippen molar-refractivity contribution in [2.24, 2.45) is 5.92 Å². The number of amides is 1. The van der Waals surface area contributed by atoms with E-state index in [4.69, 9.17) is 8.83 Å². The number of furan rings is 1. The molecule has 5 nitrogen and oxygen atoms in total. The van der Waals surface area contributed by atoms with Gasteiger partial charge in [-0.1, -0.05) is 13.8 Å². The van der Waals surface area contributed by atoms with Gasteiger partial charge in [-0.15, -0.1) is 0 Å². The molecule has 0 atom stereocenters. The van der Waals surface area contributed by atoms with E-state index in [0.717, 1.165) is 21.9 Å². The minimum absolute atomic E-state index is 0.0270. The zero-order valence-corrected chi connectivity index (χ0v) is 14.4. The summed E-state index contributed by atoms with van der Waals surface area (Å²) in [5.74, 6) is 0.194. The first-order chi connectivity index (χ1) is 11.4. The fourth-order valence-electron chi connectivity index (χ4n) is 2.78. The molecule has 1 N–H and O–H groups in total. The normalized spacial score (nSPS) is 11.5. The van der Waals surface area contributed by atoms with Crippen molar-refractivity contribution in [2.75, 3.05) is 6.54 Å². The van der Waals surface area contributed by atoms with Gasteiger partial charge in [0.1, 0.15) is 11.2 Å². The zero-order valence-electron chi connectivity index (χ0n) is 14.4. The monoisotopic (exact) mass is 327 g/mol. The van der Waals surface area contributed by atoms with Crippen molar-refractivity contribution < 1.29 is 13.6 Å². The summed E-state index contributed by atoms with van der Waals surface area (Å²) in [6, 6.07) is 3.69. The Balaban J connectivity index is 2.05. The number of benzene rings is 1. The Bertz CT molecular complexity index is 978. The average Bonchev–Trinajstić information content (AvgIpc) is 2.88. The summed E-state index contributed by atoms with van der Waals surface area (Å²) >= 11 is 0. The van der Waals surface area contributed by atoms with E-state index >= 15 is 0 Å². The summed E-state index contributed by atoms with van der Waals surface area (Å²) in [6.07, 6.45) is 1.70. The van der Waals surface area contributed by atoms with Crippen molar-refractivity contribution >= 4 is 27.8 Å². The Hall–Kier alpha value is -2.56. The number of hydrogen-bond donors (Lipinski definition) is 1. The van der Waals surface area contributed by atoms with Crippen molar-refractivity contribution in [1.82, 2.24) is 5.32 Å². The molecule has 126 valence electrons. The number of nitrogens with one attached hydrogen (secondary N) is 1. The molecule has 2 heterocycles. The molecule has 1 aromatic carbocycles. The molecule has 2 aromatic heterocycles. The molecule has 0 aliphatic carbocycles. The van der Waals surface area contributed by atoms with E-state index in [0.29, 0.717) is 29.2 Å². The second kappa shape index (κ2) is 6.15. The van der Waals surface area contributed by atoms with Crippen LogP contribution in [0.25, 0.3) is 21.9 Å². The Kier molecular flexibility index (Phi) is 4.18. The lowest BCUT2D eigenvalue weighted by atomic mass is 10.0. The topological polar surface area (TPSA) is 72.5 Å². The Labute approximate surface area is 139 Å². The Morgan fingerprint density at radius 3 is 2.62 bits per heavy atom. The van der Waals surface area contributed by atoms with Crippen molar-refractivity contribution in [3.8, 4) is 0 Å². The van der Waals surface area contributed by atoms with Crippen LogP contribution >= 0.6 is 0 Å². The highest BCUT2D eigenvalue weighted by Gasteiger charge is 2.16. The lowest BCUT2D eigenvalue weighted by Gasteiger charge is -2.10. The Morgan fingerprint density at radius 2 is 1.92 bits per heavy atom. The molecule has 0 spiro atoms. The van der Waals surface area contributed by atoms with Gasteiger partial charge in [0.25, 0.3) is 0 Å². The largest absolute Gasteiger partial charge is 0.464 e. The van der Waals surface area contributed by atoms with Gasteiger partial charge in [-0.3, -0.25) is 4.79 Å². The molecule has 0 saturated heterocycles. The molecular formula is C19H21NO4. The summed E-state index contributed by atoms with van der Waals surface area (Å²) in [7, 11) is 0. The van der Waals surface area contributed by atoms with Crippen molar-refractivity contribution in [2.45, 2.75) is 34.1 Å². The van der Waals surface area contributed by atoms with Crippen LogP contribution in [0.15, 0.2) is 32.0 Å². The highest BCUT2D eigenvalue weighted by atomic mass is 16.4. The van der Waals surface area contributed by atoms with E-state index in [-0.39, 0.29) is 12.3 Å². The van der Waals surface area contributed by atoms with Gasteiger partial charge < -0.3 is 14.2 Å². The van der Waals surface area contributed by atoms with Gasteiger partial charge in [-0.05, 0) is 37.0 Å². The maximum Gasteiger partial charge on any atom is 0.340 e. The van der Waals surface area contributed by atoms with E-state index in [9.17, 15) is 9.59 Å².